The summed E-state index contributed by atoms with van der Waals surface area (Å²) in [5.41, 5.74) is 1.47. The molecule has 0 amide bonds. The summed E-state index contributed by atoms with van der Waals surface area (Å²) in [5, 5.41) is 8.86. The number of hydrogen-bond acceptors (Lipinski definition) is 3. The maximum atomic E-state index is 10.7. The first-order chi connectivity index (χ1) is 6.27. The van der Waals surface area contributed by atoms with Gasteiger partial charge in [0.05, 0.1) is 13.7 Å². The normalized spacial score (nSPS) is 10.6. The van der Waals surface area contributed by atoms with Gasteiger partial charge in [0.15, 0.2) is 0 Å². The van der Waals surface area contributed by atoms with Gasteiger partial charge < -0.3 is 14.8 Å². The van der Waals surface area contributed by atoms with E-state index in [0.29, 0.717) is 5.69 Å². The van der Waals surface area contributed by atoms with Crippen LogP contribution in [0.1, 0.15) is 11.3 Å². The summed E-state index contributed by atoms with van der Waals surface area (Å²) in [7, 11) is 1.31. The van der Waals surface area contributed by atoms with Gasteiger partial charge in [-0.1, -0.05) is 0 Å². The van der Waals surface area contributed by atoms with Crippen LogP contribution in [0, 0.1) is 0 Å². The fraction of sp³-hybridized carbons (Fsp3) is 0.222. The van der Waals surface area contributed by atoms with E-state index < -0.39 is 5.97 Å². The molecule has 0 fully saturated rings. The van der Waals surface area contributed by atoms with Crippen LogP contribution in [0.25, 0.3) is 6.08 Å². The molecule has 0 radical (unpaired) electrons. The zero-order valence-corrected chi connectivity index (χ0v) is 7.28. The first-order valence-corrected chi connectivity index (χ1v) is 3.81. The fourth-order valence-corrected chi connectivity index (χ4v) is 0.927. The maximum Gasteiger partial charge on any atom is 0.330 e. The Morgan fingerprint density at radius 3 is 3.15 bits per heavy atom. The monoisotopic (exact) mass is 181 g/mol. The van der Waals surface area contributed by atoms with Crippen molar-refractivity contribution in [3.63, 3.8) is 0 Å². The highest BCUT2D eigenvalue weighted by atomic mass is 16.5. The number of aliphatic hydroxyl groups excluding tert-OH is 1. The molecule has 1 aromatic rings. The molecule has 13 heavy (non-hydrogen) atoms. The van der Waals surface area contributed by atoms with Crippen LogP contribution in [0.3, 0.4) is 0 Å². The zero-order valence-electron chi connectivity index (χ0n) is 7.28. The van der Waals surface area contributed by atoms with Crippen molar-refractivity contribution in [2.45, 2.75) is 6.61 Å². The molecule has 1 rings (SSSR count). The molecule has 0 atom stereocenters. The molecule has 0 aliphatic heterocycles. The summed E-state index contributed by atoms with van der Waals surface area (Å²) in [4.78, 5) is 13.6. The van der Waals surface area contributed by atoms with Gasteiger partial charge in [-0.25, -0.2) is 4.79 Å². The van der Waals surface area contributed by atoms with Crippen LogP contribution < -0.4 is 0 Å². The van der Waals surface area contributed by atoms with Gasteiger partial charge in [-0.3, -0.25) is 0 Å². The summed E-state index contributed by atoms with van der Waals surface area (Å²) < 4.78 is 4.42. The van der Waals surface area contributed by atoms with E-state index in [9.17, 15) is 4.79 Å². The zero-order chi connectivity index (χ0) is 9.68. The van der Waals surface area contributed by atoms with Gasteiger partial charge in [0.25, 0.3) is 0 Å². The Morgan fingerprint density at radius 2 is 2.54 bits per heavy atom. The number of H-pyrrole nitrogens is 1. The Bertz CT molecular complexity index is 314. The molecule has 1 aromatic heterocycles. The number of methoxy groups -OCH3 is 1. The number of carbonyl (C=O) groups is 1. The highest BCUT2D eigenvalue weighted by molar-refractivity contribution is 5.86. The fourth-order valence-electron chi connectivity index (χ4n) is 0.927. The molecule has 70 valence electrons. The Balaban J connectivity index is 2.73. The molecule has 0 spiro atoms. The smallest absolute Gasteiger partial charge is 0.330 e. The number of aromatic amines is 1. The molecule has 0 unspecified atom stereocenters. The molecule has 0 saturated carbocycles. The van der Waals surface area contributed by atoms with Crippen LogP contribution in [-0.2, 0) is 16.1 Å². The van der Waals surface area contributed by atoms with Gasteiger partial charge in [0.1, 0.15) is 0 Å². The molecule has 0 bridgehead atoms. The predicted molar refractivity (Wildman–Crippen MR) is 47.8 cm³/mol. The Morgan fingerprint density at radius 1 is 1.77 bits per heavy atom. The minimum atomic E-state index is -0.418. The number of carbonyl (C=O) groups excluding carboxylic acids is 1. The van der Waals surface area contributed by atoms with Crippen molar-refractivity contribution in [3.8, 4) is 0 Å². The number of aliphatic hydroxyl groups is 1. The number of nitrogens with one attached hydrogen (secondary N) is 1. The third-order valence-electron chi connectivity index (χ3n) is 1.63. The Hall–Kier alpha value is -1.55. The van der Waals surface area contributed by atoms with Gasteiger partial charge in [-0.2, -0.15) is 0 Å². The molecule has 2 N–H and O–H groups in total. The summed E-state index contributed by atoms with van der Waals surface area (Å²) in [5.74, 6) is -0.418. The number of ether oxygens (including phenoxy) is 1. The summed E-state index contributed by atoms with van der Waals surface area (Å²) in [6, 6.07) is 1.75. The predicted octanol–water partition coefficient (Wildman–Crippen LogP) is 0.693. The second-order valence-electron chi connectivity index (χ2n) is 2.43. The van der Waals surface area contributed by atoms with Gasteiger partial charge in [-0.05, 0) is 12.1 Å². The molecule has 0 aliphatic carbocycles. The molecule has 0 aliphatic rings. The molecule has 4 heteroatoms. The van der Waals surface area contributed by atoms with Crippen molar-refractivity contribution in [3.05, 3.63) is 29.6 Å². The second kappa shape index (κ2) is 4.47. The third kappa shape index (κ3) is 2.45. The molecule has 1 heterocycles. The topological polar surface area (TPSA) is 62.3 Å². The van der Waals surface area contributed by atoms with Crippen LogP contribution in [0.2, 0.25) is 0 Å². The van der Waals surface area contributed by atoms with E-state index in [1.807, 2.05) is 0 Å². The molecule has 4 nitrogen and oxygen atoms in total. The summed E-state index contributed by atoms with van der Waals surface area (Å²) in [6.45, 7) is -0.0512. The van der Waals surface area contributed by atoms with Gasteiger partial charge >= 0.3 is 5.97 Å². The average Bonchev–Trinajstić information content (AvgIpc) is 2.61. The lowest BCUT2D eigenvalue weighted by Gasteiger charge is -1.93. The van der Waals surface area contributed by atoms with Crippen LogP contribution in [0.15, 0.2) is 18.3 Å². The lowest BCUT2D eigenvalue weighted by atomic mass is 10.2. The highest BCUT2D eigenvalue weighted by Gasteiger charge is 1.98. The number of hydrogen-bond donors (Lipinski definition) is 2. The first-order valence-electron chi connectivity index (χ1n) is 3.81. The highest BCUT2D eigenvalue weighted by Crippen LogP contribution is 2.08. The van der Waals surface area contributed by atoms with Crippen LogP contribution in [0.5, 0.6) is 0 Å². The SMILES string of the molecule is COC(=O)/C=C\c1[nH]ccc1CO. The van der Waals surface area contributed by atoms with Crippen LogP contribution >= 0.6 is 0 Å². The van der Waals surface area contributed by atoms with E-state index >= 15 is 0 Å². The minimum Gasteiger partial charge on any atom is -0.466 e. The number of rotatable bonds is 3. The molecule has 0 saturated heterocycles. The summed E-state index contributed by atoms with van der Waals surface area (Å²) >= 11 is 0. The quantitative estimate of drug-likeness (QED) is 0.532. The van der Waals surface area contributed by atoms with E-state index in [0.717, 1.165) is 5.56 Å². The minimum absolute atomic E-state index is 0.0512. The van der Waals surface area contributed by atoms with Crippen molar-refractivity contribution in [1.29, 1.82) is 0 Å². The third-order valence-corrected chi connectivity index (χ3v) is 1.63. The average molecular weight is 181 g/mol. The van der Waals surface area contributed by atoms with E-state index in [2.05, 4.69) is 9.72 Å². The lowest BCUT2D eigenvalue weighted by Crippen LogP contribution is -1.94. The van der Waals surface area contributed by atoms with Crippen molar-refractivity contribution >= 4 is 12.0 Å². The van der Waals surface area contributed by atoms with E-state index in [1.54, 1.807) is 18.3 Å². The van der Waals surface area contributed by atoms with E-state index in [-0.39, 0.29) is 6.61 Å². The van der Waals surface area contributed by atoms with Crippen molar-refractivity contribution in [2.75, 3.05) is 7.11 Å². The first kappa shape index (κ1) is 9.54. The second-order valence-corrected chi connectivity index (χ2v) is 2.43. The Kier molecular flexibility index (Phi) is 3.28. The van der Waals surface area contributed by atoms with Crippen molar-refractivity contribution in [1.82, 2.24) is 4.98 Å². The largest absolute Gasteiger partial charge is 0.466 e. The Labute approximate surface area is 75.8 Å². The van der Waals surface area contributed by atoms with Gasteiger partial charge in [0.2, 0.25) is 0 Å². The van der Waals surface area contributed by atoms with Crippen LogP contribution in [-0.4, -0.2) is 23.2 Å². The number of aromatic nitrogens is 1. The lowest BCUT2D eigenvalue weighted by molar-refractivity contribution is -0.134. The maximum absolute atomic E-state index is 10.7. The summed E-state index contributed by atoms with van der Waals surface area (Å²) in [6.07, 6.45) is 4.56. The van der Waals surface area contributed by atoms with Gasteiger partial charge in [0, 0.05) is 23.5 Å². The standard InChI is InChI=1S/C9H11NO3/c1-13-9(12)3-2-8-7(6-11)4-5-10-8/h2-5,10-11H,6H2,1H3/b3-2-. The van der Waals surface area contributed by atoms with Crippen LogP contribution in [0.4, 0.5) is 0 Å². The molecular weight excluding hydrogens is 170 g/mol. The van der Waals surface area contributed by atoms with Crippen molar-refractivity contribution < 1.29 is 14.6 Å². The van der Waals surface area contributed by atoms with E-state index in [4.69, 9.17) is 5.11 Å². The number of esters is 1. The molecular formula is C9H11NO3. The van der Waals surface area contributed by atoms with Crippen molar-refractivity contribution in [2.24, 2.45) is 0 Å². The van der Waals surface area contributed by atoms with Gasteiger partial charge in [-0.15, -0.1) is 0 Å². The van der Waals surface area contributed by atoms with E-state index in [1.165, 1.54) is 13.2 Å². The molecule has 0 aromatic carbocycles.